The van der Waals surface area contributed by atoms with E-state index in [4.69, 9.17) is 0 Å². The van der Waals surface area contributed by atoms with Gasteiger partial charge in [0.1, 0.15) is 0 Å². The van der Waals surface area contributed by atoms with Crippen LogP contribution >= 0.6 is 0 Å². The summed E-state index contributed by atoms with van der Waals surface area (Å²) in [6.45, 7) is 3.17. The van der Waals surface area contributed by atoms with Crippen molar-refractivity contribution in [2.45, 2.75) is 12.8 Å². The third-order valence-corrected chi connectivity index (χ3v) is 3.30. The first-order valence-corrected chi connectivity index (χ1v) is 7.22. The first kappa shape index (κ1) is 14.5. The van der Waals surface area contributed by atoms with Gasteiger partial charge in [-0.15, -0.1) is 0 Å². The van der Waals surface area contributed by atoms with Crippen LogP contribution in [0.2, 0.25) is 0 Å². The Hall–Kier alpha value is -1.87. The van der Waals surface area contributed by atoms with Crippen molar-refractivity contribution in [1.82, 2.24) is 9.88 Å². The van der Waals surface area contributed by atoms with Crippen molar-refractivity contribution in [3.05, 3.63) is 60.4 Å². The molecule has 0 fully saturated rings. The zero-order chi connectivity index (χ0) is 14.0. The number of anilines is 1. The summed E-state index contributed by atoms with van der Waals surface area (Å²) in [6, 6.07) is 16.5. The molecule has 1 heterocycles. The Morgan fingerprint density at radius 1 is 1.00 bits per heavy atom. The number of nitrogens with one attached hydrogen (secondary N) is 1. The fourth-order valence-electron chi connectivity index (χ4n) is 2.10. The summed E-state index contributed by atoms with van der Waals surface area (Å²) in [5, 5.41) is 3.43. The van der Waals surface area contributed by atoms with E-state index >= 15 is 0 Å². The first-order valence-electron chi connectivity index (χ1n) is 7.22. The maximum absolute atomic E-state index is 4.35. The lowest BCUT2D eigenvalue weighted by Crippen LogP contribution is -2.24. The van der Waals surface area contributed by atoms with Crippen LogP contribution in [0.25, 0.3) is 0 Å². The van der Waals surface area contributed by atoms with E-state index in [1.165, 1.54) is 11.4 Å². The Labute approximate surface area is 121 Å². The second-order valence-electron chi connectivity index (χ2n) is 5.02. The van der Waals surface area contributed by atoms with Crippen LogP contribution in [0.3, 0.4) is 0 Å². The average molecular weight is 269 g/mol. The molecule has 0 aliphatic heterocycles. The lowest BCUT2D eigenvalue weighted by atomic mass is 10.2. The van der Waals surface area contributed by atoms with Gasteiger partial charge in [-0.05, 0) is 44.3 Å². The number of para-hydroxylation sites is 1. The van der Waals surface area contributed by atoms with Crippen molar-refractivity contribution in [1.29, 1.82) is 0 Å². The quantitative estimate of drug-likeness (QED) is 0.747. The predicted molar refractivity (Wildman–Crippen MR) is 85.0 cm³/mol. The van der Waals surface area contributed by atoms with E-state index in [0.717, 1.165) is 32.5 Å². The topological polar surface area (TPSA) is 28.2 Å². The highest BCUT2D eigenvalue weighted by Gasteiger charge is 2.00. The number of hydrogen-bond donors (Lipinski definition) is 1. The third-order valence-electron chi connectivity index (χ3n) is 3.30. The largest absolute Gasteiger partial charge is 0.385 e. The molecule has 0 spiro atoms. The first-order chi connectivity index (χ1) is 9.84. The number of likely N-dealkylation sites (N-methyl/N-ethyl adjacent to an activating group) is 1. The molecule has 0 aliphatic rings. The van der Waals surface area contributed by atoms with Gasteiger partial charge >= 0.3 is 0 Å². The number of aromatic nitrogens is 1. The Morgan fingerprint density at radius 3 is 2.55 bits per heavy atom. The summed E-state index contributed by atoms with van der Waals surface area (Å²) in [4.78, 5) is 6.71. The van der Waals surface area contributed by atoms with Gasteiger partial charge in [0.15, 0.2) is 0 Å². The maximum Gasteiger partial charge on any atom is 0.0416 e. The normalized spacial score (nSPS) is 10.7. The van der Waals surface area contributed by atoms with Crippen molar-refractivity contribution in [3.8, 4) is 0 Å². The molecule has 2 rings (SSSR count). The van der Waals surface area contributed by atoms with Crippen LogP contribution in [0.1, 0.15) is 12.1 Å². The van der Waals surface area contributed by atoms with Crippen LogP contribution < -0.4 is 5.32 Å². The second kappa shape index (κ2) is 8.33. The van der Waals surface area contributed by atoms with Gasteiger partial charge in [-0.3, -0.25) is 4.98 Å². The minimum absolute atomic E-state index is 1.01. The van der Waals surface area contributed by atoms with Gasteiger partial charge in [-0.2, -0.15) is 0 Å². The van der Waals surface area contributed by atoms with Gasteiger partial charge in [-0.1, -0.05) is 24.3 Å². The maximum atomic E-state index is 4.35. The number of hydrogen-bond acceptors (Lipinski definition) is 3. The summed E-state index contributed by atoms with van der Waals surface area (Å²) in [6.07, 6.45) is 4.02. The zero-order valence-electron chi connectivity index (χ0n) is 12.1. The SMILES string of the molecule is CN(CCCNc1ccccc1)CCc1ccccn1. The summed E-state index contributed by atoms with van der Waals surface area (Å²) in [5.41, 5.74) is 2.37. The number of rotatable bonds is 8. The van der Waals surface area contributed by atoms with Gasteiger partial charge in [0, 0.05) is 37.1 Å². The van der Waals surface area contributed by atoms with E-state index in [2.05, 4.69) is 52.6 Å². The van der Waals surface area contributed by atoms with Crippen molar-refractivity contribution in [2.24, 2.45) is 0 Å². The third kappa shape index (κ3) is 5.41. The molecule has 3 heteroatoms. The number of pyridine rings is 1. The lowest BCUT2D eigenvalue weighted by Gasteiger charge is -2.16. The van der Waals surface area contributed by atoms with Crippen molar-refractivity contribution >= 4 is 5.69 Å². The molecule has 20 heavy (non-hydrogen) atoms. The number of nitrogens with zero attached hydrogens (tertiary/aromatic N) is 2. The molecule has 0 amide bonds. The van der Waals surface area contributed by atoms with E-state index in [1.807, 2.05) is 24.4 Å². The minimum atomic E-state index is 1.01. The molecule has 3 nitrogen and oxygen atoms in total. The van der Waals surface area contributed by atoms with E-state index in [0.29, 0.717) is 0 Å². The van der Waals surface area contributed by atoms with Gasteiger partial charge in [-0.25, -0.2) is 0 Å². The van der Waals surface area contributed by atoms with E-state index < -0.39 is 0 Å². The van der Waals surface area contributed by atoms with E-state index in [9.17, 15) is 0 Å². The molecular weight excluding hydrogens is 246 g/mol. The molecule has 2 aromatic rings. The standard InChI is InChI=1S/C17H23N3/c1-20(15-11-17-10-5-6-12-18-17)14-7-13-19-16-8-3-2-4-9-16/h2-6,8-10,12,19H,7,11,13-15H2,1H3. The van der Waals surface area contributed by atoms with Crippen molar-refractivity contribution in [3.63, 3.8) is 0 Å². The summed E-state index contributed by atoms with van der Waals surface area (Å²) >= 11 is 0. The van der Waals surface area contributed by atoms with Crippen LogP contribution in [-0.2, 0) is 6.42 Å². The summed E-state index contributed by atoms with van der Waals surface area (Å²) < 4.78 is 0. The monoisotopic (exact) mass is 269 g/mol. The molecule has 0 atom stereocenters. The highest BCUT2D eigenvalue weighted by atomic mass is 15.1. The fourth-order valence-corrected chi connectivity index (χ4v) is 2.10. The molecule has 0 saturated carbocycles. The Morgan fingerprint density at radius 2 is 1.80 bits per heavy atom. The molecule has 0 aliphatic carbocycles. The van der Waals surface area contributed by atoms with Crippen molar-refractivity contribution in [2.75, 3.05) is 32.0 Å². The molecule has 0 unspecified atom stereocenters. The highest BCUT2D eigenvalue weighted by Crippen LogP contribution is 2.04. The van der Waals surface area contributed by atoms with E-state index in [-0.39, 0.29) is 0 Å². The fraction of sp³-hybridized carbons (Fsp3) is 0.353. The Bertz CT molecular complexity index is 470. The Kier molecular flexibility index (Phi) is 6.06. The van der Waals surface area contributed by atoms with Crippen LogP contribution in [0.5, 0.6) is 0 Å². The zero-order valence-corrected chi connectivity index (χ0v) is 12.1. The summed E-state index contributed by atoms with van der Waals surface area (Å²) in [5.74, 6) is 0. The minimum Gasteiger partial charge on any atom is -0.385 e. The average Bonchev–Trinajstić information content (AvgIpc) is 2.52. The lowest BCUT2D eigenvalue weighted by molar-refractivity contribution is 0.336. The molecule has 0 bridgehead atoms. The molecular formula is C17H23N3. The van der Waals surface area contributed by atoms with Crippen LogP contribution in [-0.4, -0.2) is 36.6 Å². The molecule has 1 aromatic heterocycles. The van der Waals surface area contributed by atoms with Crippen LogP contribution in [0, 0.1) is 0 Å². The summed E-state index contributed by atoms with van der Waals surface area (Å²) in [7, 11) is 2.17. The van der Waals surface area contributed by atoms with Gasteiger partial charge in [0.25, 0.3) is 0 Å². The van der Waals surface area contributed by atoms with Crippen molar-refractivity contribution < 1.29 is 0 Å². The Balaban J connectivity index is 1.57. The smallest absolute Gasteiger partial charge is 0.0416 e. The predicted octanol–water partition coefficient (Wildman–Crippen LogP) is 3.06. The molecule has 0 saturated heterocycles. The molecule has 1 aromatic carbocycles. The van der Waals surface area contributed by atoms with Gasteiger partial charge < -0.3 is 10.2 Å². The van der Waals surface area contributed by atoms with Gasteiger partial charge in [0.2, 0.25) is 0 Å². The van der Waals surface area contributed by atoms with Crippen LogP contribution in [0.15, 0.2) is 54.7 Å². The van der Waals surface area contributed by atoms with E-state index in [1.54, 1.807) is 0 Å². The van der Waals surface area contributed by atoms with Crippen LogP contribution in [0.4, 0.5) is 5.69 Å². The molecule has 0 radical (unpaired) electrons. The molecule has 106 valence electrons. The van der Waals surface area contributed by atoms with Gasteiger partial charge in [0.05, 0.1) is 0 Å². The highest BCUT2D eigenvalue weighted by molar-refractivity contribution is 5.42. The second-order valence-corrected chi connectivity index (χ2v) is 5.02. The molecule has 1 N–H and O–H groups in total. The number of benzene rings is 1.